The number of alkyl halides is 3. The van der Waals surface area contributed by atoms with Crippen LogP contribution in [0, 0.1) is 0 Å². The number of pyridine rings is 1. The fraction of sp³-hybridized carbons (Fsp3) is 0.368. The number of anilines is 2. The molecule has 4 nitrogen and oxygen atoms in total. The third kappa shape index (κ3) is 4.55. The summed E-state index contributed by atoms with van der Waals surface area (Å²) in [5.41, 5.74) is 0.980. The van der Waals surface area contributed by atoms with Crippen LogP contribution < -0.4 is 10.6 Å². The molecule has 1 aromatic heterocycles. The Labute approximate surface area is 160 Å². The number of carbonyl (C=O) groups is 1. The molecule has 1 saturated carbocycles. The number of thioether (sulfide) groups is 1. The average Bonchev–Trinajstić information content (AvgIpc) is 3.46. The van der Waals surface area contributed by atoms with Crippen LogP contribution in [0.15, 0.2) is 35.4 Å². The highest BCUT2D eigenvalue weighted by atomic mass is 32.2. The number of benzene rings is 1. The molecule has 1 aliphatic rings. The summed E-state index contributed by atoms with van der Waals surface area (Å²) in [5.74, 6) is 0.746. The molecule has 8 heteroatoms. The number of hydrogen-bond donors (Lipinski definition) is 2. The molecule has 0 unspecified atom stereocenters. The lowest BCUT2D eigenvalue weighted by atomic mass is 10.1. The first-order chi connectivity index (χ1) is 12.8. The minimum absolute atomic E-state index is 0.0674. The summed E-state index contributed by atoms with van der Waals surface area (Å²) >= 11 is 1.50. The maximum Gasteiger partial charge on any atom is 0.416 e. The molecule has 0 spiro atoms. The van der Waals surface area contributed by atoms with Crippen LogP contribution in [0.25, 0.3) is 0 Å². The van der Waals surface area contributed by atoms with Gasteiger partial charge in [-0.25, -0.2) is 4.98 Å². The molecule has 1 heterocycles. The summed E-state index contributed by atoms with van der Waals surface area (Å²) in [6.45, 7) is 1.97. The van der Waals surface area contributed by atoms with E-state index in [9.17, 15) is 18.0 Å². The van der Waals surface area contributed by atoms with E-state index in [0.29, 0.717) is 11.6 Å². The van der Waals surface area contributed by atoms with Crippen molar-refractivity contribution in [2.75, 3.05) is 23.4 Å². The zero-order valence-electron chi connectivity index (χ0n) is 15.0. The highest BCUT2D eigenvalue weighted by Crippen LogP contribution is 2.41. The second-order valence-corrected chi connectivity index (χ2v) is 7.59. The van der Waals surface area contributed by atoms with Gasteiger partial charge in [0.05, 0.1) is 16.9 Å². The van der Waals surface area contributed by atoms with E-state index < -0.39 is 17.6 Å². The molecular weight excluding hydrogens is 375 g/mol. The van der Waals surface area contributed by atoms with Crippen molar-refractivity contribution in [1.82, 2.24) is 4.98 Å². The number of halogens is 3. The van der Waals surface area contributed by atoms with Gasteiger partial charge in [0.2, 0.25) is 0 Å². The third-order valence-corrected chi connectivity index (χ3v) is 5.21. The van der Waals surface area contributed by atoms with E-state index in [-0.39, 0.29) is 11.4 Å². The maximum absolute atomic E-state index is 13.0. The van der Waals surface area contributed by atoms with Gasteiger partial charge in [-0.3, -0.25) is 4.79 Å². The van der Waals surface area contributed by atoms with E-state index in [1.807, 2.05) is 13.0 Å². The molecule has 1 aromatic carbocycles. The maximum atomic E-state index is 13.0. The van der Waals surface area contributed by atoms with Crippen LogP contribution in [0.3, 0.4) is 0 Å². The standard InChI is InChI=1S/C19H20F3N3OS/c1-3-27-16-8-12(11-4-5-11)10-24-17(16)18(26)25-15-9-13(19(20,21)22)6-7-14(15)23-2/h6-11,23H,3-5H2,1-2H3,(H,25,26). The first-order valence-electron chi connectivity index (χ1n) is 8.66. The van der Waals surface area contributed by atoms with E-state index in [4.69, 9.17) is 0 Å². The monoisotopic (exact) mass is 395 g/mol. The van der Waals surface area contributed by atoms with Crippen LogP contribution in [0.4, 0.5) is 24.5 Å². The molecule has 144 valence electrons. The van der Waals surface area contributed by atoms with Crippen molar-refractivity contribution in [3.63, 3.8) is 0 Å². The fourth-order valence-electron chi connectivity index (χ4n) is 2.76. The van der Waals surface area contributed by atoms with E-state index in [1.165, 1.54) is 17.8 Å². The van der Waals surface area contributed by atoms with Gasteiger partial charge in [-0.05, 0) is 54.3 Å². The molecule has 0 bridgehead atoms. The van der Waals surface area contributed by atoms with Crippen LogP contribution in [0.2, 0.25) is 0 Å². The Kier molecular flexibility index (Phi) is 5.64. The molecule has 1 fully saturated rings. The topological polar surface area (TPSA) is 54.0 Å². The SMILES string of the molecule is CCSc1cc(C2CC2)cnc1C(=O)Nc1cc(C(F)(F)F)ccc1NC. The Morgan fingerprint density at radius 2 is 2.00 bits per heavy atom. The summed E-state index contributed by atoms with van der Waals surface area (Å²) in [5, 5.41) is 5.37. The molecule has 0 atom stereocenters. The highest BCUT2D eigenvalue weighted by Gasteiger charge is 2.31. The lowest BCUT2D eigenvalue weighted by Gasteiger charge is -2.15. The first-order valence-corrected chi connectivity index (χ1v) is 9.65. The molecule has 2 N–H and O–H groups in total. The quantitative estimate of drug-likeness (QED) is 0.645. The Hall–Kier alpha value is -2.22. The predicted molar refractivity (Wildman–Crippen MR) is 102 cm³/mol. The minimum atomic E-state index is -4.49. The van der Waals surface area contributed by atoms with Crippen molar-refractivity contribution in [2.45, 2.75) is 36.8 Å². The Morgan fingerprint density at radius 1 is 1.26 bits per heavy atom. The molecular formula is C19H20F3N3OS. The van der Waals surface area contributed by atoms with Crippen molar-refractivity contribution in [2.24, 2.45) is 0 Å². The molecule has 27 heavy (non-hydrogen) atoms. The van der Waals surface area contributed by atoms with Gasteiger partial charge in [0.1, 0.15) is 5.69 Å². The van der Waals surface area contributed by atoms with E-state index >= 15 is 0 Å². The number of aromatic nitrogens is 1. The van der Waals surface area contributed by atoms with Gasteiger partial charge in [-0.1, -0.05) is 6.92 Å². The summed E-state index contributed by atoms with van der Waals surface area (Å²) in [6.07, 6.45) is -0.547. The Bertz CT molecular complexity index is 851. The molecule has 3 rings (SSSR count). The second kappa shape index (κ2) is 7.80. The van der Waals surface area contributed by atoms with Crippen molar-refractivity contribution in [3.05, 3.63) is 47.3 Å². The van der Waals surface area contributed by atoms with Gasteiger partial charge in [-0.2, -0.15) is 13.2 Å². The van der Waals surface area contributed by atoms with Crippen molar-refractivity contribution < 1.29 is 18.0 Å². The highest BCUT2D eigenvalue weighted by molar-refractivity contribution is 7.99. The zero-order valence-corrected chi connectivity index (χ0v) is 15.8. The normalized spacial score (nSPS) is 14.1. The van der Waals surface area contributed by atoms with Crippen LogP contribution in [0.1, 0.15) is 47.3 Å². The molecule has 0 saturated heterocycles. The van der Waals surface area contributed by atoms with Gasteiger partial charge in [0, 0.05) is 18.1 Å². The Morgan fingerprint density at radius 3 is 2.59 bits per heavy atom. The van der Waals surface area contributed by atoms with Gasteiger partial charge < -0.3 is 10.6 Å². The van der Waals surface area contributed by atoms with Gasteiger partial charge in [0.25, 0.3) is 5.91 Å². The number of nitrogens with one attached hydrogen (secondary N) is 2. The number of carbonyl (C=O) groups excluding carboxylic acids is 1. The van der Waals surface area contributed by atoms with Crippen molar-refractivity contribution in [3.8, 4) is 0 Å². The number of rotatable bonds is 6. The molecule has 0 radical (unpaired) electrons. The smallest absolute Gasteiger partial charge is 0.386 e. The van der Waals surface area contributed by atoms with Crippen molar-refractivity contribution in [1.29, 1.82) is 0 Å². The average molecular weight is 395 g/mol. The molecule has 1 aliphatic carbocycles. The fourth-order valence-corrected chi connectivity index (χ4v) is 3.57. The lowest BCUT2D eigenvalue weighted by molar-refractivity contribution is -0.137. The lowest BCUT2D eigenvalue weighted by Crippen LogP contribution is -2.17. The summed E-state index contributed by atoms with van der Waals surface area (Å²) < 4.78 is 39.0. The third-order valence-electron chi connectivity index (χ3n) is 4.30. The summed E-state index contributed by atoms with van der Waals surface area (Å²) in [4.78, 5) is 17.8. The molecule has 2 aromatic rings. The molecule has 1 amide bonds. The number of amides is 1. The summed E-state index contributed by atoms with van der Waals surface area (Å²) in [7, 11) is 1.58. The van der Waals surface area contributed by atoms with Crippen LogP contribution in [0.5, 0.6) is 0 Å². The van der Waals surface area contributed by atoms with Gasteiger partial charge >= 0.3 is 6.18 Å². The predicted octanol–water partition coefficient (Wildman–Crippen LogP) is 5.38. The van der Waals surface area contributed by atoms with Gasteiger partial charge in [0.15, 0.2) is 0 Å². The van der Waals surface area contributed by atoms with Crippen LogP contribution >= 0.6 is 11.8 Å². The van der Waals surface area contributed by atoms with Gasteiger partial charge in [-0.15, -0.1) is 11.8 Å². The van der Waals surface area contributed by atoms with E-state index in [2.05, 4.69) is 15.6 Å². The van der Waals surface area contributed by atoms with Crippen molar-refractivity contribution >= 4 is 29.0 Å². The van der Waals surface area contributed by atoms with E-state index in [0.717, 1.165) is 41.2 Å². The largest absolute Gasteiger partial charge is 0.416 e. The summed E-state index contributed by atoms with van der Waals surface area (Å²) in [6, 6.07) is 5.17. The first kappa shape index (κ1) is 19.5. The minimum Gasteiger partial charge on any atom is -0.386 e. The van der Waals surface area contributed by atoms with E-state index in [1.54, 1.807) is 13.2 Å². The molecule has 0 aliphatic heterocycles. The number of nitrogens with zero attached hydrogens (tertiary/aromatic N) is 1. The van der Waals surface area contributed by atoms with Crippen LogP contribution in [-0.2, 0) is 6.18 Å². The number of hydrogen-bond acceptors (Lipinski definition) is 4. The second-order valence-electron chi connectivity index (χ2n) is 6.28. The zero-order chi connectivity index (χ0) is 19.6. The Balaban J connectivity index is 1.90. The van der Waals surface area contributed by atoms with Crippen LogP contribution in [-0.4, -0.2) is 23.7 Å².